The van der Waals surface area contributed by atoms with Crippen LogP contribution in [0, 0.1) is 0 Å². The molecule has 0 aliphatic rings. The Kier molecular flexibility index (Phi) is 2.82. The molecule has 0 spiro atoms. The largest absolute Gasteiger partial charge is 0.486 e. The van der Waals surface area contributed by atoms with E-state index in [2.05, 4.69) is 9.97 Å². The number of nitrogens with two attached hydrogens (primary N) is 1. The van der Waals surface area contributed by atoms with Crippen LogP contribution in [0.25, 0.3) is 10.9 Å². The van der Waals surface area contributed by atoms with Gasteiger partial charge in [0.05, 0.1) is 11.2 Å². The van der Waals surface area contributed by atoms with Gasteiger partial charge >= 0.3 is 0 Å². The maximum Gasteiger partial charge on any atom is 0.140 e. The molecule has 4 nitrogen and oxygen atoms in total. The van der Waals surface area contributed by atoms with Crippen LogP contribution in [-0.2, 0) is 6.61 Å². The fraction of sp³-hybridized carbons (Fsp3) is 0.0769. The first-order chi connectivity index (χ1) is 8.84. The molecule has 0 aliphatic carbocycles. The van der Waals surface area contributed by atoms with Crippen molar-refractivity contribution in [3.63, 3.8) is 0 Å². The summed E-state index contributed by atoms with van der Waals surface area (Å²) in [6, 6.07) is 7.51. The Morgan fingerprint density at radius 1 is 1.17 bits per heavy atom. The Labute approximate surface area is 108 Å². The topological polar surface area (TPSA) is 61.0 Å². The lowest BCUT2D eigenvalue weighted by atomic mass is 10.2. The number of ether oxygens (including phenoxy) is 1. The van der Waals surface area contributed by atoms with E-state index in [1.165, 1.54) is 0 Å². The first-order valence-electron chi connectivity index (χ1n) is 5.49. The first kappa shape index (κ1) is 11.0. The molecule has 0 atom stereocenters. The third kappa shape index (κ3) is 2.00. The fourth-order valence-electron chi connectivity index (χ4n) is 1.76. The van der Waals surface area contributed by atoms with E-state index in [0.29, 0.717) is 12.3 Å². The Balaban J connectivity index is 1.94. The predicted octanol–water partition coefficient (Wildman–Crippen LogP) is 2.85. The van der Waals surface area contributed by atoms with Crippen molar-refractivity contribution in [2.75, 3.05) is 5.73 Å². The Morgan fingerprint density at radius 3 is 2.94 bits per heavy atom. The number of thiazole rings is 1. The standard InChI is InChI=1S/C13H11N3OS/c14-10-3-4-11(9-2-1-5-16-13(9)10)17-8-12-15-6-7-18-12/h1-7H,8,14H2. The minimum Gasteiger partial charge on any atom is -0.486 e. The van der Waals surface area contributed by atoms with E-state index in [0.717, 1.165) is 21.7 Å². The molecule has 0 bridgehead atoms. The minimum absolute atomic E-state index is 0.464. The van der Waals surface area contributed by atoms with Crippen molar-refractivity contribution in [3.8, 4) is 5.75 Å². The van der Waals surface area contributed by atoms with E-state index in [1.807, 2.05) is 29.6 Å². The summed E-state index contributed by atoms with van der Waals surface area (Å²) in [6.07, 6.45) is 3.50. The van der Waals surface area contributed by atoms with Gasteiger partial charge in [-0.3, -0.25) is 4.98 Å². The van der Waals surface area contributed by atoms with Gasteiger partial charge in [-0.2, -0.15) is 0 Å². The van der Waals surface area contributed by atoms with E-state index < -0.39 is 0 Å². The zero-order valence-electron chi connectivity index (χ0n) is 9.54. The second kappa shape index (κ2) is 4.62. The monoisotopic (exact) mass is 257 g/mol. The first-order valence-corrected chi connectivity index (χ1v) is 6.37. The predicted molar refractivity (Wildman–Crippen MR) is 72.6 cm³/mol. The fourth-order valence-corrected chi connectivity index (χ4v) is 2.29. The summed E-state index contributed by atoms with van der Waals surface area (Å²) >= 11 is 1.57. The molecule has 1 aromatic carbocycles. The molecule has 90 valence electrons. The summed E-state index contributed by atoms with van der Waals surface area (Å²) in [7, 11) is 0. The maximum atomic E-state index is 5.89. The summed E-state index contributed by atoms with van der Waals surface area (Å²) in [5, 5.41) is 3.80. The van der Waals surface area contributed by atoms with Gasteiger partial charge in [0.2, 0.25) is 0 Å². The molecule has 2 N–H and O–H groups in total. The molecule has 18 heavy (non-hydrogen) atoms. The summed E-state index contributed by atoms with van der Waals surface area (Å²) < 4.78 is 5.77. The zero-order valence-corrected chi connectivity index (χ0v) is 10.4. The average molecular weight is 257 g/mol. The molecular weight excluding hydrogens is 246 g/mol. The quantitative estimate of drug-likeness (QED) is 0.733. The van der Waals surface area contributed by atoms with E-state index >= 15 is 0 Å². The number of pyridine rings is 1. The molecule has 3 aromatic rings. The number of nitrogens with zero attached hydrogens (tertiary/aromatic N) is 2. The van der Waals surface area contributed by atoms with Crippen LogP contribution in [0.2, 0.25) is 0 Å². The van der Waals surface area contributed by atoms with Crippen LogP contribution < -0.4 is 10.5 Å². The molecule has 0 saturated carbocycles. The third-order valence-corrected chi connectivity index (χ3v) is 3.35. The lowest BCUT2D eigenvalue weighted by molar-refractivity contribution is 0.309. The SMILES string of the molecule is Nc1ccc(OCc2nccs2)c2cccnc12. The van der Waals surface area contributed by atoms with Gasteiger partial charge in [-0.25, -0.2) is 4.98 Å². The van der Waals surface area contributed by atoms with Gasteiger partial charge in [0.25, 0.3) is 0 Å². The molecule has 5 heteroatoms. The third-order valence-electron chi connectivity index (χ3n) is 2.60. The lowest BCUT2D eigenvalue weighted by Gasteiger charge is -2.08. The van der Waals surface area contributed by atoms with E-state index in [9.17, 15) is 0 Å². The van der Waals surface area contributed by atoms with Crippen molar-refractivity contribution in [2.45, 2.75) is 6.61 Å². The summed E-state index contributed by atoms with van der Waals surface area (Å²) in [5.41, 5.74) is 7.32. The van der Waals surface area contributed by atoms with Crippen molar-refractivity contribution in [1.82, 2.24) is 9.97 Å². The van der Waals surface area contributed by atoms with Crippen LogP contribution >= 0.6 is 11.3 Å². The molecular formula is C13H11N3OS. The van der Waals surface area contributed by atoms with Gasteiger partial charge in [-0.1, -0.05) is 0 Å². The van der Waals surface area contributed by atoms with Gasteiger partial charge in [-0.15, -0.1) is 11.3 Å². The van der Waals surface area contributed by atoms with Gasteiger partial charge < -0.3 is 10.5 Å². The molecule has 0 saturated heterocycles. The van der Waals surface area contributed by atoms with Gasteiger partial charge in [0.15, 0.2) is 0 Å². The highest BCUT2D eigenvalue weighted by Crippen LogP contribution is 2.28. The Hall–Kier alpha value is -2.14. The summed E-state index contributed by atoms with van der Waals surface area (Å²) in [5.74, 6) is 0.780. The molecule has 3 rings (SSSR count). The number of rotatable bonds is 3. The minimum atomic E-state index is 0.464. The van der Waals surface area contributed by atoms with E-state index in [1.54, 1.807) is 23.7 Å². The molecule has 2 heterocycles. The van der Waals surface area contributed by atoms with Crippen molar-refractivity contribution < 1.29 is 4.74 Å². The highest BCUT2D eigenvalue weighted by molar-refractivity contribution is 7.09. The molecule has 0 aliphatic heterocycles. The van der Waals surface area contributed by atoms with Crippen LogP contribution in [0.5, 0.6) is 5.75 Å². The number of hydrogen-bond acceptors (Lipinski definition) is 5. The van der Waals surface area contributed by atoms with Gasteiger partial charge in [0.1, 0.15) is 17.4 Å². The summed E-state index contributed by atoms with van der Waals surface area (Å²) in [4.78, 5) is 8.45. The number of nitrogen functional groups attached to an aromatic ring is 1. The van der Waals surface area contributed by atoms with E-state index in [4.69, 9.17) is 10.5 Å². The smallest absolute Gasteiger partial charge is 0.140 e. The van der Waals surface area contributed by atoms with Crippen molar-refractivity contribution >= 4 is 27.9 Å². The highest BCUT2D eigenvalue weighted by Gasteiger charge is 2.06. The van der Waals surface area contributed by atoms with Gasteiger partial charge in [-0.05, 0) is 24.3 Å². The van der Waals surface area contributed by atoms with Crippen LogP contribution in [0.3, 0.4) is 0 Å². The molecule has 0 fully saturated rings. The van der Waals surface area contributed by atoms with Crippen LogP contribution in [0.4, 0.5) is 5.69 Å². The van der Waals surface area contributed by atoms with E-state index in [-0.39, 0.29) is 0 Å². The van der Waals surface area contributed by atoms with Crippen LogP contribution in [0.1, 0.15) is 5.01 Å². The maximum absolute atomic E-state index is 5.89. The Morgan fingerprint density at radius 2 is 2.11 bits per heavy atom. The number of fused-ring (bicyclic) bond motifs is 1. The number of anilines is 1. The van der Waals surface area contributed by atoms with Crippen molar-refractivity contribution in [3.05, 3.63) is 47.0 Å². The molecule has 0 unspecified atom stereocenters. The molecule has 2 aromatic heterocycles. The van der Waals surface area contributed by atoms with Crippen molar-refractivity contribution in [1.29, 1.82) is 0 Å². The zero-order chi connectivity index (χ0) is 12.4. The number of hydrogen-bond donors (Lipinski definition) is 1. The Bertz CT molecular complexity index is 667. The average Bonchev–Trinajstić information content (AvgIpc) is 2.92. The van der Waals surface area contributed by atoms with Crippen LogP contribution in [0.15, 0.2) is 42.0 Å². The number of benzene rings is 1. The molecule has 0 radical (unpaired) electrons. The highest BCUT2D eigenvalue weighted by atomic mass is 32.1. The summed E-state index contributed by atoms with van der Waals surface area (Å²) in [6.45, 7) is 0.464. The van der Waals surface area contributed by atoms with Crippen molar-refractivity contribution in [2.24, 2.45) is 0 Å². The lowest BCUT2D eigenvalue weighted by Crippen LogP contribution is -1.97. The van der Waals surface area contributed by atoms with Gasteiger partial charge in [0, 0.05) is 23.2 Å². The normalized spacial score (nSPS) is 10.7. The molecule has 0 amide bonds. The number of aromatic nitrogens is 2. The van der Waals surface area contributed by atoms with Crippen LogP contribution in [-0.4, -0.2) is 9.97 Å². The second-order valence-corrected chi connectivity index (χ2v) is 4.75. The second-order valence-electron chi connectivity index (χ2n) is 3.77.